The van der Waals surface area contributed by atoms with Crippen LogP contribution in [0.1, 0.15) is 236 Å². The summed E-state index contributed by atoms with van der Waals surface area (Å²) in [6.45, 7) is 72.1. The molecule has 4 fully saturated rings. The van der Waals surface area contributed by atoms with Crippen molar-refractivity contribution in [3.63, 3.8) is 0 Å². The standard InChI is InChI=1S/C36H42ClFN6O3.C34H36ClFN6O2.C33H37BrClFN6O3.C9H17BO2/c1-19(2)28-15-21(5)31(29(39-28)20(3)4)44-33-25(16-26(37)30(40-33)24-13-11-12-14-27(24)38)32(41-34(44)45)42-17-23(7)43(18-22(42)6)35(46)47-36(8,9)10;1-9-28(43)40-16-22(8)41(17-21(40)7)32-24-15-25(35)30(23-12-10-11-13-26(23)36)38-33(24)42(34(44)39-32)31-20(6)14-27(18(2)3)37-29(31)19(4)5;1-17(2)26-28(18(3)13-25(34)37-26)42-30-22(14-23(35)27(38-30)21-11-9-10-12-24(21)36)29(39-31(42)43)40-15-20(5)41(16-19(40)4)32(44)45-33(6,7)8;1-7(2)10-11-8(3,4)9(5,6)12-10/h11-16,20,22-23H,1,17-18H2,2-10H3;9-15,19,21-22H,1-2,16-17H2,3-8H3;9-14,17,19-20H,15-16H2,1-8H3;1H2,2-6H3/t22-,23+;21-,22+;19-,20+;/m010./s1. The third kappa shape index (κ3) is 23.5. The highest BCUT2D eigenvalue weighted by Crippen LogP contribution is 2.45. The largest absolute Gasteiger partial charge is 0.489 e. The Morgan fingerprint density at radius 2 is 0.730 bits per heavy atom. The summed E-state index contributed by atoms with van der Waals surface area (Å²) in [5.74, 6) is -0.610. The van der Waals surface area contributed by atoms with Crippen molar-refractivity contribution in [3.8, 4) is 50.8 Å². The van der Waals surface area contributed by atoms with Crippen LogP contribution in [-0.2, 0) is 23.6 Å². The van der Waals surface area contributed by atoms with Crippen molar-refractivity contribution in [3.05, 3.63) is 261 Å². The molecule has 782 valence electrons. The van der Waals surface area contributed by atoms with Gasteiger partial charge in [-0.2, -0.15) is 15.0 Å². The van der Waals surface area contributed by atoms with Crippen LogP contribution in [0.15, 0.2) is 166 Å². The van der Waals surface area contributed by atoms with Gasteiger partial charge in [-0.15, -0.1) is 6.58 Å². The molecule has 36 heteroatoms. The Morgan fingerprint density at radius 3 is 1.00 bits per heavy atom. The summed E-state index contributed by atoms with van der Waals surface area (Å²) in [5.41, 5.74) is 8.74. The minimum absolute atomic E-state index is 0.0435. The summed E-state index contributed by atoms with van der Waals surface area (Å²) in [6, 6.07) is 28.1. The Balaban J connectivity index is 0.000000175. The van der Waals surface area contributed by atoms with Crippen molar-refractivity contribution < 1.29 is 46.3 Å². The average Bonchev–Trinajstić information content (AvgIpc) is 0.850. The van der Waals surface area contributed by atoms with Gasteiger partial charge in [0.1, 0.15) is 50.7 Å². The lowest BCUT2D eigenvalue weighted by atomic mass is 9.81. The number of hydrogen-bond acceptors (Lipinski definition) is 22. The van der Waals surface area contributed by atoms with Crippen LogP contribution in [0.4, 0.5) is 40.2 Å². The van der Waals surface area contributed by atoms with E-state index in [1.165, 1.54) is 38.0 Å². The fourth-order valence-corrected chi connectivity index (χ4v) is 19.8. The lowest BCUT2D eigenvalue weighted by molar-refractivity contribution is -0.128. The predicted octanol–water partition coefficient (Wildman–Crippen LogP) is 24.5. The second-order valence-electron chi connectivity index (χ2n) is 42.8. The molecule has 6 atom stereocenters. The Kier molecular flexibility index (Phi) is 33.7. The lowest BCUT2D eigenvalue weighted by Gasteiger charge is -2.44. The molecule has 3 amide bonds. The number of piperazine rings is 3. The van der Waals surface area contributed by atoms with Gasteiger partial charge in [0.15, 0.2) is 16.9 Å². The van der Waals surface area contributed by atoms with Crippen LogP contribution in [0.5, 0.6) is 0 Å². The number of anilines is 3. The van der Waals surface area contributed by atoms with Crippen LogP contribution in [0.2, 0.25) is 15.1 Å². The number of amides is 3. The van der Waals surface area contributed by atoms with Gasteiger partial charge >= 0.3 is 36.4 Å². The van der Waals surface area contributed by atoms with E-state index in [9.17, 15) is 28.8 Å². The number of allylic oxidation sites excluding steroid dienone is 3. The van der Waals surface area contributed by atoms with E-state index in [2.05, 4.69) is 57.2 Å². The maximum absolute atomic E-state index is 15.1. The molecular weight excluding hydrogens is 2010 g/mol. The van der Waals surface area contributed by atoms with E-state index in [1.807, 2.05) is 227 Å². The molecule has 13 heterocycles. The molecule has 0 aliphatic carbocycles. The molecule has 0 spiro atoms. The average molecular weight is 2140 g/mol. The number of benzene rings is 3. The van der Waals surface area contributed by atoms with Crippen molar-refractivity contribution in [1.29, 1.82) is 0 Å². The highest BCUT2D eigenvalue weighted by atomic mass is 79.9. The van der Waals surface area contributed by atoms with E-state index < -0.39 is 57.9 Å². The maximum Gasteiger partial charge on any atom is 0.489 e. The van der Waals surface area contributed by atoms with Gasteiger partial charge in [0.2, 0.25) is 5.91 Å². The zero-order valence-corrected chi connectivity index (χ0v) is 93.4. The molecule has 0 radical (unpaired) electrons. The fraction of sp³-hybridized carbons (Fsp3) is 0.420. The van der Waals surface area contributed by atoms with Crippen LogP contribution in [-0.4, -0.2) is 196 Å². The van der Waals surface area contributed by atoms with E-state index in [0.717, 1.165) is 44.7 Å². The van der Waals surface area contributed by atoms with Crippen LogP contribution in [0, 0.1) is 38.2 Å². The monoisotopic (exact) mass is 2140 g/mol. The Hall–Kier alpha value is -12.5. The van der Waals surface area contributed by atoms with E-state index in [4.69, 9.17) is 83.5 Å². The molecule has 28 nitrogen and oxygen atoms in total. The van der Waals surface area contributed by atoms with Gasteiger partial charge in [0.25, 0.3) is 0 Å². The highest BCUT2D eigenvalue weighted by Gasteiger charge is 2.52. The minimum Gasteiger partial charge on any atom is -0.444 e. The first-order chi connectivity index (χ1) is 69.1. The molecule has 9 aromatic heterocycles. The number of rotatable bonds is 16. The number of aryl methyl sites for hydroxylation is 3. The molecule has 12 aromatic rings. The zero-order chi connectivity index (χ0) is 109. The third-order valence-corrected chi connectivity index (χ3v) is 28.0. The first kappa shape index (κ1) is 113. The van der Waals surface area contributed by atoms with Gasteiger partial charge in [0, 0.05) is 92.2 Å². The highest BCUT2D eigenvalue weighted by molar-refractivity contribution is 9.10. The Bertz CT molecular complexity index is 7450. The topological polar surface area (TPSA) is 290 Å². The molecule has 3 aromatic carbocycles. The van der Waals surface area contributed by atoms with Crippen LogP contribution in [0.3, 0.4) is 0 Å². The number of nitrogens with zero attached hydrogens (tertiary/aromatic N) is 18. The lowest BCUT2D eigenvalue weighted by Crippen LogP contribution is -2.59. The molecule has 0 N–H and O–H groups in total. The molecule has 0 bridgehead atoms. The van der Waals surface area contributed by atoms with Crippen molar-refractivity contribution in [2.45, 2.75) is 270 Å². The number of aromatic nitrogens is 12. The SMILES string of the molecule is C=C(C)B1OC(C)(C)C(C)(C)O1.C=C(C)c1cc(C)c(-n2c(=O)nc(N3C[C@@H](C)N(C(=O)OC(C)(C)C)C[C@@H]3C)c3cc(Cl)c(-c4ccccc4F)nc32)c(C(C)C)n1.C=CC(=O)N1C[C@H](C)N(c2nc(=O)n(-c3c(C)cc(C(=C)C)nc3C(C)C)c3nc(-c4ccccc4F)c(Cl)cc23)C[C@H]1C.Cc1cc(Br)nc(C(C)C)c1-n1c(=O)nc(N2C[C@@H](C)N(C(=O)OC(C)(C)C)C[C@@H]2C)c2cc(Cl)c(-c3ccccc3F)nc21. The molecule has 148 heavy (non-hydrogen) atoms. The second kappa shape index (κ2) is 44.3. The smallest absolute Gasteiger partial charge is 0.444 e. The van der Waals surface area contributed by atoms with E-state index in [-0.39, 0.29) is 144 Å². The third-order valence-electron chi connectivity index (χ3n) is 26.7. The van der Waals surface area contributed by atoms with Crippen LogP contribution < -0.4 is 31.8 Å². The van der Waals surface area contributed by atoms with Gasteiger partial charge < -0.3 is 48.2 Å². The zero-order valence-electron chi connectivity index (χ0n) is 89.6. The summed E-state index contributed by atoms with van der Waals surface area (Å²) in [6.07, 6.45) is 0.517. The maximum atomic E-state index is 15.1. The number of carbonyl (C=O) groups excluding carboxylic acids is 3. The second-order valence-corrected chi connectivity index (χ2v) is 44.8. The molecule has 4 aliphatic rings. The number of ether oxygens (including phenoxy) is 2. The van der Waals surface area contributed by atoms with Crippen molar-refractivity contribution >= 4 is 138 Å². The first-order valence-electron chi connectivity index (χ1n) is 49.6. The minimum atomic E-state index is -0.637. The van der Waals surface area contributed by atoms with Crippen LogP contribution >= 0.6 is 50.7 Å². The van der Waals surface area contributed by atoms with E-state index in [0.29, 0.717) is 112 Å². The Labute approximate surface area is 887 Å². The normalized spacial score (nSPS) is 17.8. The molecule has 4 saturated heterocycles. The van der Waals surface area contributed by atoms with Gasteiger partial charge in [-0.3, -0.25) is 14.8 Å². The van der Waals surface area contributed by atoms with Gasteiger partial charge in [-0.25, -0.2) is 70.8 Å². The van der Waals surface area contributed by atoms with Gasteiger partial charge in [0.05, 0.1) is 105 Å². The van der Waals surface area contributed by atoms with Crippen LogP contribution in [0.25, 0.3) is 95.1 Å². The predicted molar refractivity (Wildman–Crippen MR) is 591 cm³/mol. The number of pyridine rings is 6. The number of halogens is 7. The van der Waals surface area contributed by atoms with Crippen molar-refractivity contribution in [1.82, 2.24) is 73.3 Å². The fourth-order valence-electron chi connectivity index (χ4n) is 18.5. The summed E-state index contributed by atoms with van der Waals surface area (Å²) < 4.78 is 73.0. The molecular formula is C112H132BBrCl3F3N18O10. The summed E-state index contributed by atoms with van der Waals surface area (Å²) >= 11 is 24.0. The summed E-state index contributed by atoms with van der Waals surface area (Å²) in [5, 5.41) is 2.19. The summed E-state index contributed by atoms with van der Waals surface area (Å²) in [7, 11) is -0.241. The summed E-state index contributed by atoms with van der Waals surface area (Å²) in [4.78, 5) is 136. The molecule has 16 rings (SSSR count). The Morgan fingerprint density at radius 1 is 0.446 bits per heavy atom. The molecule has 4 aliphatic heterocycles. The van der Waals surface area contributed by atoms with E-state index in [1.54, 1.807) is 87.5 Å². The molecule has 0 saturated carbocycles. The quantitative estimate of drug-likeness (QED) is 0.0493. The molecule has 0 unspecified atom stereocenters. The number of fused-ring (bicyclic) bond motifs is 3. The number of carbonyl (C=O) groups is 3. The van der Waals surface area contributed by atoms with Gasteiger partial charge in [-0.1, -0.05) is 138 Å². The van der Waals surface area contributed by atoms with Crippen molar-refractivity contribution in [2.75, 3.05) is 54.0 Å². The van der Waals surface area contributed by atoms with Crippen molar-refractivity contribution in [2.24, 2.45) is 0 Å². The van der Waals surface area contributed by atoms with Gasteiger partial charge in [-0.05, 0) is 293 Å². The number of hydrogen-bond donors (Lipinski definition) is 0. The first-order valence-corrected chi connectivity index (χ1v) is 51.5. The van der Waals surface area contributed by atoms with E-state index >= 15 is 13.2 Å².